The van der Waals surface area contributed by atoms with Crippen LogP contribution < -0.4 is 10.1 Å². The van der Waals surface area contributed by atoms with Crippen LogP contribution in [0.3, 0.4) is 0 Å². The molecular weight excluding hydrogens is 333 g/mol. The predicted molar refractivity (Wildman–Crippen MR) is 90.4 cm³/mol. The first kappa shape index (κ1) is 16.6. The molecule has 1 aliphatic heterocycles. The number of carbonyl (C=O) groups is 1. The van der Waals surface area contributed by atoms with Crippen LogP contribution >= 0.6 is 11.6 Å². The predicted octanol–water partition coefficient (Wildman–Crippen LogP) is 5.27. The summed E-state index contributed by atoms with van der Waals surface area (Å²) in [4.78, 5) is 10.7. The topological polar surface area (TPSA) is 58.6 Å². The van der Waals surface area contributed by atoms with Crippen LogP contribution in [-0.2, 0) is 6.42 Å². The van der Waals surface area contributed by atoms with Gasteiger partial charge < -0.3 is 15.2 Å². The molecule has 0 saturated carbocycles. The number of benzene rings is 2. The minimum absolute atomic E-state index is 0.0469. The van der Waals surface area contributed by atoms with Crippen molar-refractivity contribution in [3.05, 3.63) is 58.4 Å². The number of halogens is 2. The fourth-order valence-corrected chi connectivity index (χ4v) is 3.38. The molecule has 1 heterocycles. The minimum atomic E-state index is -1.34. The first-order valence-corrected chi connectivity index (χ1v) is 7.89. The summed E-state index contributed by atoms with van der Waals surface area (Å²) in [7, 11) is 0. The van der Waals surface area contributed by atoms with E-state index in [2.05, 4.69) is 19.2 Å². The van der Waals surface area contributed by atoms with Crippen molar-refractivity contribution in [3.8, 4) is 5.75 Å². The molecule has 0 saturated heterocycles. The van der Waals surface area contributed by atoms with Gasteiger partial charge in [-0.1, -0.05) is 31.5 Å². The lowest BCUT2D eigenvalue weighted by molar-refractivity contribution is 0.144. The standard InChI is InChI=1S/C18H17ClFNO3/c1-18(2)9-11-7-12(24-17(22)23)4-6-15(11)21-16(18)10-3-5-14(20)13(19)8-10/h3-8,16,21H,9H2,1-2H3,(H,22,23). The molecular formula is C18H17ClFNO3. The van der Waals surface area contributed by atoms with Crippen LogP contribution in [0.2, 0.25) is 5.02 Å². The van der Waals surface area contributed by atoms with E-state index in [-0.39, 0.29) is 16.5 Å². The molecule has 3 rings (SSSR count). The summed E-state index contributed by atoms with van der Waals surface area (Å²) in [6.07, 6.45) is -0.622. The molecule has 6 heteroatoms. The molecule has 24 heavy (non-hydrogen) atoms. The fraction of sp³-hybridized carbons (Fsp3) is 0.278. The van der Waals surface area contributed by atoms with Crippen molar-refractivity contribution >= 4 is 23.4 Å². The number of hydrogen-bond acceptors (Lipinski definition) is 3. The Hall–Kier alpha value is -2.27. The van der Waals surface area contributed by atoms with Gasteiger partial charge in [-0.2, -0.15) is 0 Å². The van der Waals surface area contributed by atoms with Crippen LogP contribution in [0.5, 0.6) is 5.75 Å². The number of nitrogens with one attached hydrogen (secondary N) is 1. The van der Waals surface area contributed by atoms with E-state index in [1.807, 2.05) is 0 Å². The van der Waals surface area contributed by atoms with Gasteiger partial charge in [0.2, 0.25) is 0 Å². The van der Waals surface area contributed by atoms with Crippen molar-refractivity contribution in [2.45, 2.75) is 26.3 Å². The second-order valence-electron chi connectivity index (χ2n) is 6.60. The summed E-state index contributed by atoms with van der Waals surface area (Å²) in [5.74, 6) is -0.146. The van der Waals surface area contributed by atoms with E-state index in [1.165, 1.54) is 6.07 Å². The van der Waals surface area contributed by atoms with Crippen LogP contribution in [0.25, 0.3) is 0 Å². The van der Waals surface area contributed by atoms with Crippen molar-refractivity contribution in [2.24, 2.45) is 5.41 Å². The maximum Gasteiger partial charge on any atom is 0.511 e. The van der Waals surface area contributed by atoms with Crippen LogP contribution in [0, 0.1) is 11.2 Å². The normalized spacial score (nSPS) is 18.4. The van der Waals surface area contributed by atoms with Crippen LogP contribution in [0.15, 0.2) is 36.4 Å². The summed E-state index contributed by atoms with van der Waals surface area (Å²) in [5, 5.41) is 12.3. The Labute approximate surface area is 144 Å². The van der Waals surface area contributed by atoms with E-state index in [4.69, 9.17) is 21.4 Å². The molecule has 0 amide bonds. The minimum Gasteiger partial charge on any atom is -0.449 e. The molecule has 126 valence electrons. The Morgan fingerprint density at radius 2 is 2.08 bits per heavy atom. The van der Waals surface area contributed by atoms with Gasteiger partial charge in [-0.05, 0) is 53.3 Å². The highest BCUT2D eigenvalue weighted by Crippen LogP contribution is 2.46. The first-order chi connectivity index (χ1) is 11.3. The van der Waals surface area contributed by atoms with Gasteiger partial charge in [0, 0.05) is 5.69 Å². The largest absolute Gasteiger partial charge is 0.511 e. The third kappa shape index (κ3) is 3.17. The van der Waals surface area contributed by atoms with Crippen molar-refractivity contribution in [1.82, 2.24) is 0 Å². The van der Waals surface area contributed by atoms with Crippen molar-refractivity contribution in [2.75, 3.05) is 5.32 Å². The van der Waals surface area contributed by atoms with E-state index >= 15 is 0 Å². The van der Waals surface area contributed by atoms with Gasteiger partial charge >= 0.3 is 6.16 Å². The van der Waals surface area contributed by atoms with Crippen molar-refractivity contribution in [3.63, 3.8) is 0 Å². The highest BCUT2D eigenvalue weighted by molar-refractivity contribution is 6.30. The van der Waals surface area contributed by atoms with E-state index in [0.29, 0.717) is 12.2 Å². The van der Waals surface area contributed by atoms with E-state index in [9.17, 15) is 9.18 Å². The highest BCUT2D eigenvalue weighted by atomic mass is 35.5. The van der Waals surface area contributed by atoms with Crippen LogP contribution in [0.4, 0.5) is 14.9 Å². The average Bonchev–Trinajstić information content (AvgIpc) is 2.48. The lowest BCUT2D eigenvalue weighted by Crippen LogP contribution is -2.35. The molecule has 0 spiro atoms. The second-order valence-corrected chi connectivity index (χ2v) is 7.01. The smallest absolute Gasteiger partial charge is 0.449 e. The van der Waals surface area contributed by atoms with Crippen LogP contribution in [0.1, 0.15) is 31.0 Å². The number of anilines is 1. The third-order valence-electron chi connectivity index (χ3n) is 4.29. The van der Waals surface area contributed by atoms with Crippen LogP contribution in [-0.4, -0.2) is 11.3 Å². The van der Waals surface area contributed by atoms with Gasteiger partial charge in [-0.15, -0.1) is 0 Å². The number of ether oxygens (including phenoxy) is 1. The Kier molecular flexibility index (Phi) is 4.13. The van der Waals surface area contributed by atoms with E-state index < -0.39 is 12.0 Å². The Balaban J connectivity index is 1.95. The number of carboxylic acid groups (broad SMARTS) is 1. The Morgan fingerprint density at radius 1 is 1.33 bits per heavy atom. The first-order valence-electron chi connectivity index (χ1n) is 7.51. The number of hydrogen-bond donors (Lipinski definition) is 2. The monoisotopic (exact) mass is 349 g/mol. The van der Waals surface area contributed by atoms with Gasteiger partial charge in [0.05, 0.1) is 11.1 Å². The molecule has 0 aromatic heterocycles. The quantitative estimate of drug-likeness (QED) is 0.572. The summed E-state index contributed by atoms with van der Waals surface area (Å²) >= 11 is 5.92. The van der Waals surface area contributed by atoms with Gasteiger partial charge in [0.25, 0.3) is 0 Å². The second kappa shape index (κ2) is 5.98. The number of fused-ring (bicyclic) bond motifs is 1. The zero-order valence-electron chi connectivity index (χ0n) is 13.3. The average molecular weight is 350 g/mol. The molecule has 2 aromatic rings. The summed E-state index contributed by atoms with van der Waals surface area (Å²) in [6, 6.07) is 9.82. The molecule has 4 nitrogen and oxygen atoms in total. The maximum atomic E-state index is 13.4. The maximum absolute atomic E-state index is 13.4. The zero-order valence-corrected chi connectivity index (χ0v) is 14.0. The SMILES string of the molecule is CC1(C)Cc2cc(OC(=O)O)ccc2NC1c1ccc(F)c(Cl)c1. The highest BCUT2D eigenvalue weighted by Gasteiger charge is 2.36. The molecule has 0 fully saturated rings. The molecule has 1 unspecified atom stereocenters. The molecule has 0 radical (unpaired) electrons. The van der Waals surface area contributed by atoms with Crippen molar-refractivity contribution in [1.29, 1.82) is 0 Å². The Morgan fingerprint density at radius 3 is 2.75 bits per heavy atom. The molecule has 1 atom stereocenters. The molecule has 1 aliphatic rings. The molecule has 0 bridgehead atoms. The summed E-state index contributed by atoms with van der Waals surface area (Å²) in [5.41, 5.74) is 2.60. The summed E-state index contributed by atoms with van der Waals surface area (Å²) in [6.45, 7) is 4.19. The van der Waals surface area contributed by atoms with Gasteiger partial charge in [-0.25, -0.2) is 9.18 Å². The van der Waals surface area contributed by atoms with Gasteiger partial charge in [-0.3, -0.25) is 0 Å². The van der Waals surface area contributed by atoms with E-state index in [0.717, 1.165) is 16.8 Å². The van der Waals surface area contributed by atoms with Gasteiger partial charge in [0.15, 0.2) is 0 Å². The Bertz CT molecular complexity index is 807. The van der Waals surface area contributed by atoms with Gasteiger partial charge in [0.1, 0.15) is 11.6 Å². The molecule has 0 aliphatic carbocycles. The lowest BCUT2D eigenvalue weighted by atomic mass is 9.73. The van der Waals surface area contributed by atoms with E-state index in [1.54, 1.807) is 30.3 Å². The van der Waals surface area contributed by atoms with Crippen molar-refractivity contribution < 1.29 is 19.0 Å². The third-order valence-corrected chi connectivity index (χ3v) is 4.58. The number of rotatable bonds is 2. The fourth-order valence-electron chi connectivity index (χ4n) is 3.19. The summed E-state index contributed by atoms with van der Waals surface area (Å²) < 4.78 is 18.2. The molecule has 2 N–H and O–H groups in total. The zero-order chi connectivity index (χ0) is 17.5. The lowest BCUT2D eigenvalue weighted by Gasteiger charge is -2.41. The molecule has 2 aromatic carbocycles.